The van der Waals surface area contributed by atoms with E-state index in [0.717, 1.165) is 23.4 Å². The Bertz CT molecular complexity index is 479. The quantitative estimate of drug-likeness (QED) is 0.856. The fourth-order valence-electron chi connectivity index (χ4n) is 2.24. The van der Waals surface area contributed by atoms with E-state index in [1.807, 2.05) is 31.2 Å². The van der Waals surface area contributed by atoms with Crippen LogP contribution in [0, 0.1) is 11.8 Å². The van der Waals surface area contributed by atoms with Crippen molar-refractivity contribution in [2.75, 3.05) is 6.61 Å². The van der Waals surface area contributed by atoms with Crippen LogP contribution in [-0.4, -0.2) is 18.2 Å². The van der Waals surface area contributed by atoms with Crippen LogP contribution in [-0.2, 0) is 4.79 Å². The van der Waals surface area contributed by atoms with Gasteiger partial charge in [0, 0.05) is 11.8 Å². The molecule has 0 unspecified atom stereocenters. The second-order valence-corrected chi connectivity index (χ2v) is 4.38. The predicted molar refractivity (Wildman–Crippen MR) is 63.9 cm³/mol. The third kappa shape index (κ3) is 1.79. The molecule has 0 bridgehead atoms. The maximum Gasteiger partial charge on any atom is 0.243 e. The summed E-state index contributed by atoms with van der Waals surface area (Å²) in [7, 11) is 0. The van der Waals surface area contributed by atoms with Crippen molar-refractivity contribution in [2.45, 2.75) is 13.3 Å². The number of rotatable bonds is 3. The van der Waals surface area contributed by atoms with Gasteiger partial charge in [-0.25, -0.2) is 5.43 Å². The highest BCUT2D eigenvalue weighted by Crippen LogP contribution is 2.43. The van der Waals surface area contributed by atoms with Gasteiger partial charge in [0.15, 0.2) is 0 Å². The fourth-order valence-corrected chi connectivity index (χ4v) is 2.24. The van der Waals surface area contributed by atoms with Crippen molar-refractivity contribution >= 4 is 11.6 Å². The van der Waals surface area contributed by atoms with Gasteiger partial charge in [0.2, 0.25) is 5.91 Å². The molecule has 2 atom stereocenters. The number of hydrogen-bond donors (Lipinski definition) is 1. The van der Waals surface area contributed by atoms with Crippen molar-refractivity contribution in [1.82, 2.24) is 5.43 Å². The summed E-state index contributed by atoms with van der Waals surface area (Å²) in [6.45, 7) is 2.63. The molecule has 1 amide bonds. The summed E-state index contributed by atoms with van der Waals surface area (Å²) in [4.78, 5) is 11.3. The van der Waals surface area contributed by atoms with E-state index in [0.29, 0.717) is 12.5 Å². The van der Waals surface area contributed by atoms with Crippen LogP contribution in [0.25, 0.3) is 0 Å². The molecule has 0 spiro atoms. The van der Waals surface area contributed by atoms with E-state index in [1.54, 1.807) is 0 Å². The Morgan fingerprint density at radius 2 is 2.12 bits per heavy atom. The smallest absolute Gasteiger partial charge is 0.243 e. The number of carbonyl (C=O) groups excluding carboxylic acids is 1. The maximum atomic E-state index is 11.3. The number of hydrazone groups is 1. The summed E-state index contributed by atoms with van der Waals surface area (Å²) in [6, 6.07) is 7.87. The number of nitrogens with zero attached hydrogens (tertiary/aromatic N) is 1. The molecule has 1 aromatic carbocycles. The van der Waals surface area contributed by atoms with Crippen molar-refractivity contribution < 1.29 is 9.53 Å². The minimum absolute atomic E-state index is 0.0599. The average molecular weight is 230 g/mol. The van der Waals surface area contributed by atoms with Gasteiger partial charge >= 0.3 is 0 Å². The van der Waals surface area contributed by atoms with Gasteiger partial charge in [-0.05, 0) is 43.2 Å². The Kier molecular flexibility index (Phi) is 2.35. The van der Waals surface area contributed by atoms with Crippen LogP contribution < -0.4 is 10.2 Å². The first-order chi connectivity index (χ1) is 8.29. The molecule has 17 heavy (non-hydrogen) atoms. The normalized spacial score (nSPS) is 25.7. The van der Waals surface area contributed by atoms with Crippen LogP contribution >= 0.6 is 0 Å². The fraction of sp³-hybridized carbons (Fsp3) is 0.385. The van der Waals surface area contributed by atoms with Gasteiger partial charge in [0.25, 0.3) is 0 Å². The Balaban J connectivity index is 1.83. The van der Waals surface area contributed by atoms with Crippen LogP contribution in [0.2, 0.25) is 0 Å². The van der Waals surface area contributed by atoms with Gasteiger partial charge in [-0.2, -0.15) is 5.10 Å². The lowest BCUT2D eigenvalue weighted by molar-refractivity contribution is -0.122. The first kappa shape index (κ1) is 10.3. The van der Waals surface area contributed by atoms with Crippen LogP contribution in [0.4, 0.5) is 0 Å². The molecule has 1 fully saturated rings. The number of ether oxygens (including phenoxy) is 1. The Morgan fingerprint density at radius 1 is 1.35 bits per heavy atom. The first-order valence-corrected chi connectivity index (χ1v) is 5.90. The van der Waals surface area contributed by atoms with Gasteiger partial charge in [-0.1, -0.05) is 0 Å². The first-order valence-electron chi connectivity index (χ1n) is 5.90. The Hall–Kier alpha value is -1.84. The highest BCUT2D eigenvalue weighted by molar-refractivity contribution is 6.09. The molecule has 4 heteroatoms. The van der Waals surface area contributed by atoms with Crippen LogP contribution in [0.15, 0.2) is 29.4 Å². The minimum atomic E-state index is 0.0599. The molecule has 0 radical (unpaired) electrons. The van der Waals surface area contributed by atoms with E-state index >= 15 is 0 Å². The van der Waals surface area contributed by atoms with Crippen LogP contribution in [0.5, 0.6) is 5.75 Å². The van der Waals surface area contributed by atoms with Gasteiger partial charge in [0.1, 0.15) is 5.75 Å². The highest BCUT2D eigenvalue weighted by atomic mass is 16.5. The molecule has 1 N–H and O–H groups in total. The molecular formula is C13H14N2O2. The van der Waals surface area contributed by atoms with E-state index in [4.69, 9.17) is 4.74 Å². The summed E-state index contributed by atoms with van der Waals surface area (Å²) in [5.74, 6) is 1.39. The molecule has 2 aliphatic rings. The molecule has 1 aliphatic carbocycles. The topological polar surface area (TPSA) is 50.7 Å². The number of benzene rings is 1. The van der Waals surface area contributed by atoms with E-state index in [2.05, 4.69) is 10.5 Å². The zero-order valence-electron chi connectivity index (χ0n) is 9.64. The Labute approximate surface area is 99.7 Å². The molecular weight excluding hydrogens is 216 g/mol. The van der Waals surface area contributed by atoms with Crippen molar-refractivity contribution in [2.24, 2.45) is 16.9 Å². The predicted octanol–water partition coefficient (Wildman–Crippen LogP) is 1.56. The van der Waals surface area contributed by atoms with Crippen molar-refractivity contribution in [1.29, 1.82) is 0 Å². The van der Waals surface area contributed by atoms with Crippen molar-refractivity contribution in [3.05, 3.63) is 29.8 Å². The third-order valence-corrected chi connectivity index (χ3v) is 3.23. The number of carbonyl (C=O) groups is 1. The van der Waals surface area contributed by atoms with Gasteiger partial charge in [-0.3, -0.25) is 4.79 Å². The molecule has 1 heterocycles. The Morgan fingerprint density at radius 3 is 2.82 bits per heavy atom. The van der Waals surface area contributed by atoms with Crippen LogP contribution in [0.3, 0.4) is 0 Å². The lowest BCUT2D eigenvalue weighted by atomic mass is 10.0. The summed E-state index contributed by atoms with van der Waals surface area (Å²) >= 11 is 0. The molecule has 0 aromatic heterocycles. The van der Waals surface area contributed by atoms with E-state index in [1.165, 1.54) is 0 Å². The van der Waals surface area contributed by atoms with Gasteiger partial charge in [-0.15, -0.1) is 0 Å². The average Bonchev–Trinajstić information content (AvgIpc) is 3.12. The molecule has 1 aromatic rings. The van der Waals surface area contributed by atoms with E-state index in [9.17, 15) is 4.79 Å². The van der Waals surface area contributed by atoms with Crippen molar-refractivity contribution in [3.63, 3.8) is 0 Å². The highest BCUT2D eigenvalue weighted by Gasteiger charge is 2.49. The lowest BCUT2D eigenvalue weighted by Crippen LogP contribution is -2.28. The molecule has 1 aliphatic heterocycles. The standard InChI is InChI=1S/C13H14N2O2/c1-2-17-9-5-3-8(4-6-9)12-10-7-11(10)13(16)15-14-12/h3-6,10-11H,2,7H2,1H3,(H,15,16)/t10-,11+/m0/s1. The van der Waals surface area contributed by atoms with Crippen molar-refractivity contribution in [3.8, 4) is 5.75 Å². The molecule has 4 nitrogen and oxygen atoms in total. The summed E-state index contributed by atoms with van der Waals surface area (Å²) in [6.07, 6.45) is 0.928. The number of nitrogens with one attached hydrogen (secondary N) is 1. The van der Waals surface area contributed by atoms with Gasteiger partial charge in [0.05, 0.1) is 12.3 Å². The zero-order valence-corrected chi connectivity index (χ0v) is 9.64. The van der Waals surface area contributed by atoms with E-state index in [-0.39, 0.29) is 11.8 Å². The van der Waals surface area contributed by atoms with E-state index < -0.39 is 0 Å². The number of fused-ring (bicyclic) bond motifs is 1. The molecule has 88 valence electrons. The maximum absolute atomic E-state index is 11.3. The largest absolute Gasteiger partial charge is 0.494 e. The summed E-state index contributed by atoms with van der Waals surface area (Å²) < 4.78 is 5.39. The van der Waals surface area contributed by atoms with Crippen LogP contribution in [0.1, 0.15) is 18.9 Å². The molecule has 1 saturated carbocycles. The molecule has 3 rings (SSSR count). The minimum Gasteiger partial charge on any atom is -0.494 e. The monoisotopic (exact) mass is 230 g/mol. The summed E-state index contributed by atoms with van der Waals surface area (Å²) in [5.41, 5.74) is 4.65. The molecule has 0 saturated heterocycles. The second kappa shape index (κ2) is 3.87. The zero-order chi connectivity index (χ0) is 11.8. The lowest BCUT2D eigenvalue weighted by Gasteiger charge is -2.12. The second-order valence-electron chi connectivity index (χ2n) is 4.38. The van der Waals surface area contributed by atoms with Gasteiger partial charge < -0.3 is 4.74 Å². The SMILES string of the molecule is CCOc1ccc(C2=NNC(=O)[C@@H]3C[C@H]23)cc1. The third-order valence-electron chi connectivity index (χ3n) is 3.23. The number of amides is 1. The summed E-state index contributed by atoms with van der Waals surface area (Å²) in [5, 5.41) is 4.16. The number of hydrogen-bond acceptors (Lipinski definition) is 3.